The Morgan fingerprint density at radius 1 is 1.23 bits per heavy atom. The number of halogens is 3. The van der Waals surface area contributed by atoms with E-state index in [4.69, 9.17) is 11.6 Å². The van der Waals surface area contributed by atoms with Gasteiger partial charge in [-0.1, -0.05) is 18.5 Å². The fourth-order valence-corrected chi connectivity index (χ4v) is 5.53. The third-order valence-electron chi connectivity index (χ3n) is 5.52. The van der Waals surface area contributed by atoms with Crippen molar-refractivity contribution in [1.29, 1.82) is 0 Å². The second-order valence-electron chi connectivity index (χ2n) is 7.49. The predicted molar refractivity (Wildman–Crippen MR) is 112 cm³/mol. The average molecular weight is 473 g/mol. The van der Waals surface area contributed by atoms with Gasteiger partial charge in [0, 0.05) is 31.2 Å². The zero-order valence-electron chi connectivity index (χ0n) is 16.9. The maximum atomic E-state index is 14.1. The van der Waals surface area contributed by atoms with Gasteiger partial charge in [-0.15, -0.1) is 0 Å². The zero-order valence-corrected chi connectivity index (χ0v) is 18.5. The van der Waals surface area contributed by atoms with Gasteiger partial charge in [-0.05, 0) is 37.5 Å². The van der Waals surface area contributed by atoms with Gasteiger partial charge in [0.1, 0.15) is 18.0 Å². The van der Waals surface area contributed by atoms with Crippen molar-refractivity contribution in [2.24, 2.45) is 0 Å². The first-order valence-electron chi connectivity index (χ1n) is 9.86. The Labute approximate surface area is 184 Å². The van der Waals surface area contributed by atoms with E-state index < -0.39 is 43.6 Å². The third kappa shape index (κ3) is 5.02. The van der Waals surface area contributed by atoms with Gasteiger partial charge < -0.3 is 5.32 Å². The van der Waals surface area contributed by atoms with Gasteiger partial charge in [0.2, 0.25) is 10.0 Å². The first kappa shape index (κ1) is 23.5. The highest BCUT2D eigenvalue weighted by Gasteiger charge is 2.40. The first-order valence-corrected chi connectivity index (χ1v) is 11.8. The smallest absolute Gasteiger partial charge is 0.255 e. The Hall–Kier alpha value is -2.17. The molecule has 1 aliphatic rings. The molecule has 1 aromatic carbocycles. The Bertz CT molecular complexity index is 1050. The van der Waals surface area contributed by atoms with Gasteiger partial charge in [0.05, 0.1) is 22.0 Å². The highest BCUT2D eigenvalue weighted by Crippen LogP contribution is 2.35. The highest BCUT2D eigenvalue weighted by molar-refractivity contribution is 7.89. The van der Waals surface area contributed by atoms with Crippen molar-refractivity contribution in [3.05, 3.63) is 58.6 Å². The lowest BCUT2D eigenvalue weighted by Crippen LogP contribution is -2.51. The highest BCUT2D eigenvalue weighted by atomic mass is 35.5. The van der Waals surface area contributed by atoms with E-state index in [0.717, 1.165) is 12.1 Å². The van der Waals surface area contributed by atoms with Crippen molar-refractivity contribution in [3.63, 3.8) is 0 Å². The minimum absolute atomic E-state index is 0.0524. The average Bonchev–Trinajstić information content (AvgIpc) is 2.76. The zero-order chi connectivity index (χ0) is 22.6. The van der Waals surface area contributed by atoms with E-state index in [0.29, 0.717) is 25.0 Å². The SMILES string of the molecule is CCCS(=O)(=O)N1CCC(CNC(=O)c2c(F)ccc(F)c2Cl)(c2ccncn2)CC1. The van der Waals surface area contributed by atoms with Crippen molar-refractivity contribution in [3.8, 4) is 0 Å². The van der Waals surface area contributed by atoms with Crippen LogP contribution in [0.5, 0.6) is 0 Å². The Morgan fingerprint density at radius 3 is 2.52 bits per heavy atom. The number of nitrogens with one attached hydrogen (secondary N) is 1. The van der Waals surface area contributed by atoms with E-state index in [1.54, 1.807) is 19.2 Å². The van der Waals surface area contributed by atoms with Crippen LogP contribution < -0.4 is 5.32 Å². The molecule has 1 fully saturated rings. The number of amides is 1. The summed E-state index contributed by atoms with van der Waals surface area (Å²) in [6.45, 7) is 2.38. The van der Waals surface area contributed by atoms with E-state index in [1.165, 1.54) is 10.6 Å². The van der Waals surface area contributed by atoms with Gasteiger partial charge in [-0.25, -0.2) is 31.5 Å². The van der Waals surface area contributed by atoms with Crippen LogP contribution in [0, 0.1) is 11.6 Å². The largest absolute Gasteiger partial charge is 0.351 e. The minimum atomic E-state index is -3.35. The molecule has 1 aliphatic heterocycles. The van der Waals surface area contributed by atoms with E-state index in [1.807, 2.05) is 0 Å². The summed E-state index contributed by atoms with van der Waals surface area (Å²) in [4.78, 5) is 20.8. The van der Waals surface area contributed by atoms with Crippen LogP contribution in [0.25, 0.3) is 0 Å². The summed E-state index contributed by atoms with van der Waals surface area (Å²) in [6.07, 6.45) is 4.25. The van der Waals surface area contributed by atoms with Crippen molar-refractivity contribution in [2.75, 3.05) is 25.4 Å². The summed E-state index contributed by atoms with van der Waals surface area (Å²) in [5, 5.41) is 2.05. The number of aromatic nitrogens is 2. The van der Waals surface area contributed by atoms with E-state index in [9.17, 15) is 22.0 Å². The standard InChI is InChI=1S/C20H23ClF2N4O3S/c1-2-11-31(29,30)27-9-6-20(7-10-27,16-5-8-24-13-26-16)12-25-19(28)17-14(22)3-4-15(23)18(17)21/h3-5,8,13H,2,6-7,9-12H2,1H3,(H,25,28). The van der Waals surface area contributed by atoms with Gasteiger partial charge >= 0.3 is 0 Å². The monoisotopic (exact) mass is 472 g/mol. The quantitative estimate of drug-likeness (QED) is 0.625. The van der Waals surface area contributed by atoms with Gasteiger partial charge in [-0.2, -0.15) is 0 Å². The van der Waals surface area contributed by atoms with Crippen LogP contribution in [-0.2, 0) is 15.4 Å². The molecule has 0 saturated carbocycles. The number of carbonyl (C=O) groups is 1. The van der Waals surface area contributed by atoms with Crippen LogP contribution >= 0.6 is 11.6 Å². The molecule has 31 heavy (non-hydrogen) atoms. The second-order valence-corrected chi connectivity index (χ2v) is 9.96. The number of carbonyl (C=O) groups excluding carboxylic acids is 1. The summed E-state index contributed by atoms with van der Waals surface area (Å²) < 4.78 is 54.1. The molecule has 168 valence electrons. The normalized spacial score (nSPS) is 16.8. The van der Waals surface area contributed by atoms with E-state index in [-0.39, 0.29) is 25.4 Å². The van der Waals surface area contributed by atoms with Crippen LogP contribution in [0.1, 0.15) is 42.2 Å². The molecule has 7 nitrogen and oxygen atoms in total. The molecule has 0 bridgehead atoms. The Morgan fingerprint density at radius 2 is 1.90 bits per heavy atom. The number of hydrogen-bond acceptors (Lipinski definition) is 5. The molecule has 0 atom stereocenters. The summed E-state index contributed by atoms with van der Waals surface area (Å²) in [5.41, 5.74) is -0.615. The number of nitrogens with zero attached hydrogens (tertiary/aromatic N) is 3. The summed E-state index contributed by atoms with van der Waals surface area (Å²) >= 11 is 5.80. The molecule has 0 unspecified atom stereocenters. The molecule has 1 amide bonds. The van der Waals surface area contributed by atoms with Crippen molar-refractivity contribution in [1.82, 2.24) is 19.6 Å². The molecule has 3 rings (SSSR count). The second kappa shape index (κ2) is 9.54. The fourth-order valence-electron chi connectivity index (χ4n) is 3.78. The predicted octanol–water partition coefficient (Wildman–Crippen LogP) is 2.91. The lowest BCUT2D eigenvalue weighted by atomic mass is 9.75. The molecule has 11 heteroatoms. The van der Waals surface area contributed by atoms with Gasteiger partial charge in [-0.3, -0.25) is 4.79 Å². The Kier molecular flexibility index (Phi) is 7.23. The van der Waals surface area contributed by atoms with E-state index >= 15 is 0 Å². The lowest BCUT2D eigenvalue weighted by molar-refractivity contribution is 0.0927. The summed E-state index contributed by atoms with van der Waals surface area (Å²) in [6, 6.07) is 3.40. The number of benzene rings is 1. The molecule has 0 spiro atoms. The minimum Gasteiger partial charge on any atom is -0.351 e. The molecule has 2 heterocycles. The number of hydrogen-bond donors (Lipinski definition) is 1. The topological polar surface area (TPSA) is 92.3 Å². The fraction of sp³-hybridized carbons (Fsp3) is 0.450. The van der Waals surface area contributed by atoms with Crippen LogP contribution in [-0.4, -0.2) is 54.0 Å². The summed E-state index contributed by atoms with van der Waals surface area (Å²) in [5.74, 6) is -2.60. The van der Waals surface area contributed by atoms with Crippen LogP contribution in [0.2, 0.25) is 5.02 Å². The summed E-state index contributed by atoms with van der Waals surface area (Å²) in [7, 11) is -3.35. The van der Waals surface area contributed by atoms with Crippen molar-refractivity contribution in [2.45, 2.75) is 31.6 Å². The van der Waals surface area contributed by atoms with Crippen LogP contribution in [0.3, 0.4) is 0 Å². The number of piperidine rings is 1. The number of rotatable bonds is 7. The first-order chi connectivity index (χ1) is 14.7. The van der Waals surface area contributed by atoms with Gasteiger partial charge in [0.15, 0.2) is 0 Å². The van der Waals surface area contributed by atoms with E-state index in [2.05, 4.69) is 15.3 Å². The molecule has 0 radical (unpaired) electrons. The van der Waals surface area contributed by atoms with Crippen LogP contribution in [0.4, 0.5) is 8.78 Å². The maximum absolute atomic E-state index is 14.1. The lowest BCUT2D eigenvalue weighted by Gasteiger charge is -2.41. The van der Waals surface area contributed by atoms with Gasteiger partial charge in [0.25, 0.3) is 5.91 Å². The molecular formula is C20H23ClF2N4O3S. The third-order valence-corrected chi connectivity index (χ3v) is 7.96. The van der Waals surface area contributed by atoms with Crippen LogP contribution in [0.15, 0.2) is 30.7 Å². The number of sulfonamides is 1. The molecule has 1 aromatic heterocycles. The maximum Gasteiger partial charge on any atom is 0.255 e. The molecule has 1 saturated heterocycles. The molecule has 2 aromatic rings. The molecule has 0 aliphatic carbocycles. The molecule has 1 N–H and O–H groups in total. The van der Waals surface area contributed by atoms with Crippen molar-refractivity contribution < 1.29 is 22.0 Å². The Balaban J connectivity index is 1.82. The molecular weight excluding hydrogens is 450 g/mol. The van der Waals surface area contributed by atoms with Crippen molar-refractivity contribution >= 4 is 27.5 Å².